The van der Waals surface area contributed by atoms with E-state index in [1.807, 2.05) is 12.1 Å². The van der Waals surface area contributed by atoms with Gasteiger partial charge in [0.05, 0.1) is 57.5 Å². The van der Waals surface area contributed by atoms with Crippen LogP contribution < -0.4 is 16.4 Å². The SMILES string of the molecule is CC(C)(O)C(F)CNC(=O)c1cnc(-c2ccc3cc(C#N)cnn23)cc1NC12CC(C(N)=O)(C1)C2. The first-order valence-electron chi connectivity index (χ1n) is 11.6. The lowest BCUT2D eigenvalue weighted by atomic mass is 9.39. The van der Waals surface area contributed by atoms with Crippen molar-refractivity contribution in [1.29, 1.82) is 5.26 Å². The Labute approximate surface area is 206 Å². The summed E-state index contributed by atoms with van der Waals surface area (Å²) >= 11 is 0. The molecule has 5 N–H and O–H groups in total. The molecule has 3 aromatic rings. The highest BCUT2D eigenvalue weighted by atomic mass is 19.1. The number of hydrogen-bond acceptors (Lipinski definition) is 7. The van der Waals surface area contributed by atoms with Crippen molar-refractivity contribution in [2.75, 3.05) is 11.9 Å². The summed E-state index contributed by atoms with van der Waals surface area (Å²) in [6.07, 6.45) is 2.93. The van der Waals surface area contributed by atoms with E-state index in [9.17, 15) is 19.1 Å². The van der Waals surface area contributed by atoms with Crippen molar-refractivity contribution >= 4 is 23.0 Å². The van der Waals surface area contributed by atoms with Gasteiger partial charge in [-0.3, -0.25) is 14.6 Å². The van der Waals surface area contributed by atoms with E-state index in [-0.39, 0.29) is 23.6 Å². The van der Waals surface area contributed by atoms with Crippen molar-refractivity contribution in [3.05, 3.63) is 47.8 Å². The normalized spacial score (nSPS) is 23.2. The van der Waals surface area contributed by atoms with E-state index in [1.54, 1.807) is 16.6 Å². The summed E-state index contributed by atoms with van der Waals surface area (Å²) < 4.78 is 15.9. The number of rotatable bonds is 8. The summed E-state index contributed by atoms with van der Waals surface area (Å²) in [6, 6.07) is 9.11. The third-order valence-electron chi connectivity index (χ3n) is 7.20. The number of aromatic nitrogens is 3. The van der Waals surface area contributed by atoms with Crippen LogP contribution in [0.2, 0.25) is 0 Å². The number of fused-ring (bicyclic) bond motifs is 1. The topological polar surface area (TPSA) is 158 Å². The number of nitrogens with one attached hydrogen (secondary N) is 2. The monoisotopic (exact) mass is 491 g/mol. The molecule has 6 rings (SSSR count). The van der Waals surface area contributed by atoms with Crippen molar-refractivity contribution in [2.45, 2.75) is 50.4 Å². The molecule has 3 fully saturated rings. The lowest BCUT2D eigenvalue weighted by molar-refractivity contribution is -0.163. The maximum absolute atomic E-state index is 14.2. The number of carbonyl (C=O) groups is 2. The molecule has 0 saturated heterocycles. The molecule has 2 bridgehead atoms. The molecule has 0 aliphatic heterocycles. The molecule has 36 heavy (non-hydrogen) atoms. The van der Waals surface area contributed by atoms with Crippen molar-refractivity contribution in [2.24, 2.45) is 11.1 Å². The summed E-state index contributed by atoms with van der Waals surface area (Å²) in [5.41, 5.74) is 6.13. The Kier molecular flexibility index (Phi) is 5.26. The summed E-state index contributed by atoms with van der Waals surface area (Å²) in [7, 11) is 0. The number of halogens is 1. The third kappa shape index (κ3) is 3.83. The van der Waals surface area contributed by atoms with Gasteiger partial charge in [-0.2, -0.15) is 10.4 Å². The maximum atomic E-state index is 14.2. The second-order valence-corrected chi connectivity index (χ2v) is 10.4. The maximum Gasteiger partial charge on any atom is 0.255 e. The zero-order valence-electron chi connectivity index (χ0n) is 19.9. The number of carbonyl (C=O) groups excluding carboxylic acids is 2. The predicted molar refractivity (Wildman–Crippen MR) is 128 cm³/mol. The summed E-state index contributed by atoms with van der Waals surface area (Å²) in [5, 5.41) is 29.2. The van der Waals surface area contributed by atoms with Crippen LogP contribution in [-0.4, -0.2) is 55.4 Å². The number of anilines is 1. The molecule has 2 amide bonds. The van der Waals surface area contributed by atoms with Crippen LogP contribution in [0.5, 0.6) is 0 Å². The second-order valence-electron chi connectivity index (χ2n) is 10.4. The van der Waals surface area contributed by atoms with Gasteiger partial charge in [0.2, 0.25) is 5.91 Å². The number of aliphatic hydroxyl groups is 1. The van der Waals surface area contributed by atoms with Gasteiger partial charge in [-0.05, 0) is 57.4 Å². The number of alkyl halides is 1. The predicted octanol–water partition coefficient (Wildman–Crippen LogP) is 1.93. The van der Waals surface area contributed by atoms with Gasteiger partial charge in [-0.1, -0.05) is 0 Å². The van der Waals surface area contributed by atoms with Gasteiger partial charge >= 0.3 is 0 Å². The minimum absolute atomic E-state index is 0.208. The average Bonchev–Trinajstić information content (AvgIpc) is 3.20. The van der Waals surface area contributed by atoms with E-state index in [1.165, 1.54) is 26.2 Å². The molecule has 186 valence electrons. The first-order chi connectivity index (χ1) is 17.0. The van der Waals surface area contributed by atoms with E-state index >= 15 is 0 Å². The fourth-order valence-electron chi connectivity index (χ4n) is 5.13. The Hall–Kier alpha value is -4.04. The zero-order chi connectivity index (χ0) is 25.9. The quantitative estimate of drug-likeness (QED) is 0.375. The molecule has 3 aliphatic rings. The molecule has 10 nitrogen and oxygen atoms in total. The van der Waals surface area contributed by atoms with E-state index in [0.29, 0.717) is 47.4 Å². The molecular formula is C25H26FN7O3. The molecule has 0 aromatic carbocycles. The van der Waals surface area contributed by atoms with Gasteiger partial charge in [-0.15, -0.1) is 0 Å². The van der Waals surface area contributed by atoms with Gasteiger partial charge in [0.1, 0.15) is 12.2 Å². The van der Waals surface area contributed by atoms with Crippen molar-refractivity contribution in [3.8, 4) is 17.5 Å². The van der Waals surface area contributed by atoms with Gasteiger partial charge in [0.15, 0.2) is 0 Å². The number of nitrogens with two attached hydrogens (primary N) is 1. The highest BCUT2D eigenvalue weighted by Crippen LogP contribution is 2.68. The van der Waals surface area contributed by atoms with Crippen LogP contribution in [0.3, 0.4) is 0 Å². The molecule has 1 atom stereocenters. The van der Waals surface area contributed by atoms with Gasteiger partial charge in [0, 0.05) is 11.7 Å². The molecule has 3 heterocycles. The van der Waals surface area contributed by atoms with Gasteiger partial charge in [-0.25, -0.2) is 8.91 Å². The Morgan fingerprint density at radius 3 is 2.67 bits per heavy atom. The van der Waals surface area contributed by atoms with Crippen molar-refractivity contribution < 1.29 is 19.1 Å². The Morgan fingerprint density at radius 2 is 2.03 bits per heavy atom. The van der Waals surface area contributed by atoms with E-state index < -0.39 is 23.1 Å². The molecular weight excluding hydrogens is 465 g/mol. The van der Waals surface area contributed by atoms with Gasteiger partial charge < -0.3 is 21.5 Å². The first kappa shape index (κ1) is 23.7. The highest BCUT2D eigenvalue weighted by Gasteiger charge is 2.71. The smallest absolute Gasteiger partial charge is 0.255 e. The summed E-state index contributed by atoms with van der Waals surface area (Å²) in [4.78, 5) is 29.2. The third-order valence-corrected chi connectivity index (χ3v) is 7.20. The molecule has 3 aromatic heterocycles. The number of hydrogen-bond donors (Lipinski definition) is 4. The molecule has 11 heteroatoms. The molecule has 3 saturated carbocycles. The Morgan fingerprint density at radius 1 is 1.31 bits per heavy atom. The van der Waals surface area contributed by atoms with Crippen LogP contribution in [0.15, 0.2) is 36.7 Å². The molecule has 0 radical (unpaired) electrons. The summed E-state index contributed by atoms with van der Waals surface area (Å²) in [6.45, 7) is 2.30. The lowest BCUT2D eigenvalue weighted by Gasteiger charge is -2.69. The number of nitrogens with zero attached hydrogens (tertiary/aromatic N) is 4. The van der Waals surface area contributed by atoms with E-state index in [0.717, 1.165) is 0 Å². The minimum Gasteiger partial charge on any atom is -0.387 e. The fraction of sp³-hybridized carbons (Fsp3) is 0.400. The number of amides is 2. The standard InChI is InChI=1S/C25H26FN7O3/c1-23(2,36)20(26)10-30-21(34)16-9-29-18(19-4-3-15-5-14(7-27)8-31-33(15)19)6-17(16)32-25-11-24(12-25,13-25)22(28)35/h3-6,8-9,20,36H,10-13H2,1-2H3,(H2,28,35)(H,29,32)(H,30,34). The van der Waals surface area contributed by atoms with E-state index in [2.05, 4.69) is 26.8 Å². The minimum atomic E-state index is -1.66. The van der Waals surface area contributed by atoms with Crippen LogP contribution in [0.4, 0.5) is 10.1 Å². The average molecular weight is 492 g/mol. The number of primary amides is 1. The first-order valence-corrected chi connectivity index (χ1v) is 11.6. The molecule has 1 unspecified atom stereocenters. The number of pyridine rings is 1. The molecule has 3 aliphatic carbocycles. The zero-order valence-corrected chi connectivity index (χ0v) is 19.9. The largest absolute Gasteiger partial charge is 0.387 e. The summed E-state index contributed by atoms with van der Waals surface area (Å²) in [5.74, 6) is -0.862. The van der Waals surface area contributed by atoms with Crippen LogP contribution in [-0.2, 0) is 4.79 Å². The Bertz CT molecular complexity index is 1420. The van der Waals surface area contributed by atoms with Crippen LogP contribution in [0, 0.1) is 16.7 Å². The molecule has 0 spiro atoms. The van der Waals surface area contributed by atoms with E-state index in [4.69, 9.17) is 11.0 Å². The van der Waals surface area contributed by atoms with Crippen LogP contribution >= 0.6 is 0 Å². The van der Waals surface area contributed by atoms with Crippen molar-refractivity contribution in [1.82, 2.24) is 19.9 Å². The highest BCUT2D eigenvalue weighted by molar-refractivity contribution is 6.00. The Balaban J connectivity index is 1.46. The lowest BCUT2D eigenvalue weighted by Crippen LogP contribution is -2.74. The van der Waals surface area contributed by atoms with Crippen LogP contribution in [0.1, 0.15) is 49.0 Å². The second kappa shape index (κ2) is 7.99. The fourth-order valence-corrected chi connectivity index (χ4v) is 5.13. The van der Waals surface area contributed by atoms with Gasteiger partial charge in [0.25, 0.3) is 5.91 Å². The van der Waals surface area contributed by atoms with Crippen molar-refractivity contribution in [3.63, 3.8) is 0 Å². The van der Waals surface area contributed by atoms with Crippen LogP contribution in [0.25, 0.3) is 16.9 Å². The number of nitriles is 1.